The van der Waals surface area contributed by atoms with Crippen molar-refractivity contribution in [1.29, 1.82) is 0 Å². The predicted octanol–water partition coefficient (Wildman–Crippen LogP) is 4.90. The molecule has 4 rings (SSSR count). The molecule has 2 unspecified atom stereocenters. The highest BCUT2D eigenvalue weighted by Crippen LogP contribution is 2.50. The van der Waals surface area contributed by atoms with Crippen molar-refractivity contribution < 1.29 is 9.59 Å². The molecule has 2 heterocycles. The molecule has 0 spiro atoms. The number of nitrogens with zero attached hydrogens (tertiary/aromatic N) is 1. The molecule has 2 aliphatic heterocycles. The Morgan fingerprint density at radius 2 is 1.21 bits per heavy atom. The molecule has 138 valence electrons. The summed E-state index contributed by atoms with van der Waals surface area (Å²) < 4.78 is 1.27. The third kappa shape index (κ3) is 2.96. The Labute approximate surface area is 149 Å². The Morgan fingerprint density at radius 1 is 0.750 bits per heavy atom. The highest BCUT2D eigenvalue weighted by Gasteiger charge is 2.51. The fraction of sp³-hybridized carbons (Fsp3) is 1.00. The molecule has 2 bridgehead atoms. The van der Waals surface area contributed by atoms with Crippen LogP contribution in [0.1, 0.15) is 89.9 Å². The average molecular weight is 335 g/mol. The fourth-order valence-corrected chi connectivity index (χ4v) is 7.34. The summed E-state index contributed by atoms with van der Waals surface area (Å²) in [6.07, 6.45) is 18.8. The topological polar surface area (TPSA) is 20.2 Å². The van der Waals surface area contributed by atoms with Crippen molar-refractivity contribution in [2.45, 2.75) is 108 Å². The molecule has 2 heteroatoms. The highest BCUT2D eigenvalue weighted by atomic mass is 16.3. The number of piperidine rings is 2. The third-order valence-corrected chi connectivity index (χ3v) is 8.91. The molecule has 2 nitrogen and oxygen atoms in total. The molecule has 2 atom stereocenters. The lowest BCUT2D eigenvalue weighted by atomic mass is 9.66. The zero-order chi connectivity index (χ0) is 16.8. The van der Waals surface area contributed by atoms with Crippen molar-refractivity contribution in [2.24, 2.45) is 17.8 Å². The van der Waals surface area contributed by atoms with Gasteiger partial charge >= 0.3 is 0 Å². The predicted molar refractivity (Wildman–Crippen MR) is 99.7 cm³/mol. The van der Waals surface area contributed by atoms with Crippen LogP contribution in [-0.2, 0) is 0 Å². The molecule has 2 saturated carbocycles. The lowest BCUT2D eigenvalue weighted by Gasteiger charge is -2.54. The van der Waals surface area contributed by atoms with Gasteiger partial charge in [0.2, 0.25) is 0 Å². The number of rotatable bonds is 4. The first-order chi connectivity index (χ1) is 11.5. The van der Waals surface area contributed by atoms with E-state index in [1.54, 1.807) is 0 Å². The van der Waals surface area contributed by atoms with Gasteiger partial charge in [-0.15, -0.1) is 0 Å². The molecule has 0 aromatic heterocycles. The van der Waals surface area contributed by atoms with Crippen LogP contribution in [0.5, 0.6) is 0 Å². The summed E-state index contributed by atoms with van der Waals surface area (Å²) in [5.74, 6) is 2.02. The maximum atomic E-state index is 12.0. The smallest absolute Gasteiger partial charge is 0.0891 e. The fourth-order valence-electron chi connectivity index (χ4n) is 7.34. The zero-order valence-corrected chi connectivity index (χ0v) is 16.2. The van der Waals surface area contributed by atoms with Gasteiger partial charge in [0, 0.05) is 12.8 Å². The van der Waals surface area contributed by atoms with Crippen molar-refractivity contribution in [3.05, 3.63) is 0 Å². The van der Waals surface area contributed by atoms with Gasteiger partial charge in [-0.3, -0.25) is 0 Å². The number of hydrogen-bond donors (Lipinski definition) is 1. The molecule has 4 aliphatic rings. The first-order valence-corrected chi connectivity index (χ1v) is 11.1. The summed E-state index contributed by atoms with van der Waals surface area (Å²) >= 11 is 0. The van der Waals surface area contributed by atoms with Crippen LogP contribution in [0, 0.1) is 17.8 Å². The van der Waals surface area contributed by atoms with Crippen LogP contribution < -0.4 is 0 Å². The third-order valence-electron chi connectivity index (χ3n) is 8.91. The quantitative estimate of drug-likeness (QED) is 0.725. The van der Waals surface area contributed by atoms with Crippen LogP contribution in [0.4, 0.5) is 0 Å². The standard InChI is InChI=1S/C22H40NO/c1-23(2)20-12-7-13-21(23)15-17(14-20)16-22(24,18-8-3-4-9-18)19-10-5-6-11-19/h17-21,24H,3-16H2,1-2H3/q+1. The minimum atomic E-state index is -0.319. The van der Waals surface area contributed by atoms with E-state index in [-0.39, 0.29) is 5.60 Å². The monoisotopic (exact) mass is 334 g/mol. The summed E-state index contributed by atoms with van der Waals surface area (Å²) in [7, 11) is 4.95. The van der Waals surface area contributed by atoms with Crippen molar-refractivity contribution in [1.82, 2.24) is 0 Å². The van der Waals surface area contributed by atoms with Gasteiger partial charge in [-0.2, -0.15) is 0 Å². The van der Waals surface area contributed by atoms with E-state index in [0.29, 0.717) is 11.8 Å². The van der Waals surface area contributed by atoms with Crippen molar-refractivity contribution in [3.8, 4) is 0 Å². The number of quaternary nitrogens is 1. The number of hydrogen-bond acceptors (Lipinski definition) is 1. The van der Waals surface area contributed by atoms with Crippen molar-refractivity contribution >= 4 is 0 Å². The molecule has 0 aromatic carbocycles. The first kappa shape index (κ1) is 17.3. The molecular formula is C22H40NO+. The van der Waals surface area contributed by atoms with Crippen LogP contribution >= 0.6 is 0 Å². The van der Waals surface area contributed by atoms with Crippen LogP contribution in [0.25, 0.3) is 0 Å². The van der Waals surface area contributed by atoms with E-state index in [4.69, 9.17) is 0 Å². The largest absolute Gasteiger partial charge is 0.389 e. The highest BCUT2D eigenvalue weighted by molar-refractivity contribution is 4.99. The minimum Gasteiger partial charge on any atom is -0.389 e. The van der Waals surface area contributed by atoms with Gasteiger partial charge < -0.3 is 9.59 Å². The maximum Gasteiger partial charge on any atom is 0.0891 e. The Morgan fingerprint density at radius 3 is 1.67 bits per heavy atom. The molecule has 0 aromatic rings. The van der Waals surface area contributed by atoms with Crippen molar-refractivity contribution in [3.63, 3.8) is 0 Å². The SMILES string of the molecule is C[N+]1(C)C2CCCC1CC(CC(O)(C1CCCC1)C1CCCC1)C2. The molecule has 24 heavy (non-hydrogen) atoms. The van der Waals surface area contributed by atoms with E-state index in [9.17, 15) is 5.11 Å². The maximum absolute atomic E-state index is 12.0. The van der Waals surface area contributed by atoms with Crippen molar-refractivity contribution in [2.75, 3.05) is 14.1 Å². The summed E-state index contributed by atoms with van der Waals surface area (Å²) in [6, 6.07) is 1.72. The molecule has 0 amide bonds. The first-order valence-electron chi connectivity index (χ1n) is 11.1. The molecular weight excluding hydrogens is 294 g/mol. The Bertz CT molecular complexity index is 401. The number of aliphatic hydroxyl groups is 1. The van der Waals surface area contributed by atoms with Crippen LogP contribution in [-0.4, -0.2) is 41.4 Å². The summed E-state index contributed by atoms with van der Waals surface area (Å²) in [4.78, 5) is 0. The van der Waals surface area contributed by atoms with Crippen LogP contribution in [0.15, 0.2) is 0 Å². The van der Waals surface area contributed by atoms with E-state index in [2.05, 4.69) is 14.1 Å². The molecule has 1 N–H and O–H groups in total. The summed E-state index contributed by atoms with van der Waals surface area (Å²) in [5, 5.41) is 12.0. The van der Waals surface area contributed by atoms with E-state index in [0.717, 1.165) is 24.4 Å². The van der Waals surface area contributed by atoms with E-state index in [1.165, 1.54) is 88.0 Å². The normalized spacial score (nSPS) is 37.9. The minimum absolute atomic E-state index is 0.319. The lowest BCUT2D eigenvalue weighted by molar-refractivity contribution is -0.950. The van der Waals surface area contributed by atoms with Gasteiger partial charge in [0.1, 0.15) is 0 Å². The van der Waals surface area contributed by atoms with Crippen LogP contribution in [0.2, 0.25) is 0 Å². The Balaban J connectivity index is 1.50. The van der Waals surface area contributed by atoms with Gasteiger partial charge in [-0.25, -0.2) is 0 Å². The van der Waals surface area contributed by atoms with Gasteiger partial charge in [-0.1, -0.05) is 25.7 Å². The van der Waals surface area contributed by atoms with Crippen LogP contribution in [0.3, 0.4) is 0 Å². The zero-order valence-electron chi connectivity index (χ0n) is 16.2. The molecule has 2 aliphatic carbocycles. The second-order valence-electron chi connectivity index (χ2n) is 10.4. The van der Waals surface area contributed by atoms with E-state index < -0.39 is 0 Å². The van der Waals surface area contributed by atoms with E-state index in [1.807, 2.05) is 0 Å². The van der Waals surface area contributed by atoms with Gasteiger partial charge in [0.05, 0.1) is 31.8 Å². The molecule has 2 saturated heterocycles. The van der Waals surface area contributed by atoms with Gasteiger partial charge in [0.15, 0.2) is 0 Å². The Kier molecular flexibility index (Phi) is 4.75. The number of fused-ring (bicyclic) bond motifs is 2. The second-order valence-corrected chi connectivity index (χ2v) is 10.4. The molecule has 0 radical (unpaired) electrons. The van der Waals surface area contributed by atoms with E-state index >= 15 is 0 Å². The summed E-state index contributed by atoms with van der Waals surface area (Å²) in [5.41, 5.74) is -0.319. The average Bonchev–Trinajstić information content (AvgIpc) is 3.22. The second kappa shape index (κ2) is 6.58. The van der Waals surface area contributed by atoms with Gasteiger partial charge in [-0.05, 0) is 69.1 Å². The van der Waals surface area contributed by atoms with Gasteiger partial charge in [0.25, 0.3) is 0 Å². The molecule has 4 fully saturated rings. The lowest BCUT2D eigenvalue weighted by Crippen LogP contribution is -2.62. The summed E-state index contributed by atoms with van der Waals surface area (Å²) in [6.45, 7) is 0. The Hall–Kier alpha value is -0.0800.